The molecule has 2 amide bonds. The summed E-state index contributed by atoms with van der Waals surface area (Å²) >= 11 is 0. The van der Waals surface area contributed by atoms with Crippen molar-refractivity contribution in [2.45, 2.75) is 32.7 Å². The molecule has 0 bridgehead atoms. The highest BCUT2D eigenvalue weighted by Crippen LogP contribution is 2.19. The van der Waals surface area contributed by atoms with E-state index in [4.69, 9.17) is 0 Å². The normalized spacial score (nSPS) is 15.2. The Balaban J connectivity index is 1.58. The van der Waals surface area contributed by atoms with Crippen molar-refractivity contribution in [2.24, 2.45) is 7.05 Å². The molecule has 2 heterocycles. The van der Waals surface area contributed by atoms with E-state index in [1.165, 1.54) is 0 Å². The summed E-state index contributed by atoms with van der Waals surface area (Å²) in [6, 6.07) is 9.32. The number of nitrogens with zero attached hydrogens (tertiary/aromatic N) is 3. The summed E-state index contributed by atoms with van der Waals surface area (Å²) in [7, 11) is 1.85. The molecular weight excluding hydrogens is 316 g/mol. The van der Waals surface area contributed by atoms with Gasteiger partial charge >= 0.3 is 0 Å². The fourth-order valence-electron chi connectivity index (χ4n) is 3.33. The Bertz CT molecular complexity index is 774. The van der Waals surface area contributed by atoms with Gasteiger partial charge < -0.3 is 10.2 Å². The number of carbonyl (C=O) groups is 2. The summed E-state index contributed by atoms with van der Waals surface area (Å²) in [6.07, 6.45) is 1.53. The summed E-state index contributed by atoms with van der Waals surface area (Å²) < 4.78 is 1.75. The summed E-state index contributed by atoms with van der Waals surface area (Å²) in [5.41, 5.74) is 3.03. The third-order valence-corrected chi connectivity index (χ3v) is 4.88. The van der Waals surface area contributed by atoms with Gasteiger partial charge in [-0.15, -0.1) is 0 Å². The second-order valence-corrected chi connectivity index (χ2v) is 6.58. The predicted octanol–water partition coefficient (Wildman–Crippen LogP) is 2.07. The van der Waals surface area contributed by atoms with Crippen LogP contribution in [0.1, 0.15) is 44.9 Å². The molecule has 1 saturated heterocycles. The van der Waals surface area contributed by atoms with Crippen LogP contribution in [-0.2, 0) is 7.05 Å². The number of benzene rings is 1. The average Bonchev–Trinajstić information content (AvgIpc) is 2.88. The number of piperidine rings is 1. The van der Waals surface area contributed by atoms with E-state index in [2.05, 4.69) is 10.4 Å². The predicted molar refractivity (Wildman–Crippen MR) is 95.5 cm³/mol. The van der Waals surface area contributed by atoms with Crippen LogP contribution < -0.4 is 5.32 Å². The first-order valence-corrected chi connectivity index (χ1v) is 8.62. The second kappa shape index (κ2) is 7.09. The van der Waals surface area contributed by atoms with E-state index in [0.717, 1.165) is 24.2 Å². The monoisotopic (exact) mass is 340 g/mol. The van der Waals surface area contributed by atoms with Crippen LogP contribution in [0.15, 0.2) is 30.3 Å². The molecule has 0 unspecified atom stereocenters. The van der Waals surface area contributed by atoms with Crippen molar-refractivity contribution in [1.82, 2.24) is 20.0 Å². The van der Waals surface area contributed by atoms with Crippen LogP contribution in [0, 0.1) is 13.8 Å². The highest BCUT2D eigenvalue weighted by Gasteiger charge is 2.28. The van der Waals surface area contributed by atoms with Gasteiger partial charge in [-0.3, -0.25) is 14.3 Å². The maximum Gasteiger partial charge on any atom is 0.257 e. The number of hydrogen-bond donors (Lipinski definition) is 1. The van der Waals surface area contributed by atoms with E-state index in [-0.39, 0.29) is 17.9 Å². The number of amides is 2. The second-order valence-electron chi connectivity index (χ2n) is 6.58. The maximum absolute atomic E-state index is 12.8. The average molecular weight is 340 g/mol. The smallest absolute Gasteiger partial charge is 0.257 e. The summed E-state index contributed by atoms with van der Waals surface area (Å²) in [5.74, 6) is -0.0136. The molecule has 1 aromatic heterocycles. The minimum atomic E-state index is -0.0516. The van der Waals surface area contributed by atoms with Crippen LogP contribution in [0.3, 0.4) is 0 Å². The number of rotatable bonds is 3. The molecule has 1 aromatic carbocycles. The fourth-order valence-corrected chi connectivity index (χ4v) is 3.33. The van der Waals surface area contributed by atoms with E-state index >= 15 is 0 Å². The molecule has 2 aromatic rings. The van der Waals surface area contributed by atoms with Crippen LogP contribution in [0.5, 0.6) is 0 Å². The topological polar surface area (TPSA) is 67.2 Å². The van der Waals surface area contributed by atoms with Gasteiger partial charge in [0.05, 0.1) is 11.3 Å². The molecule has 6 heteroatoms. The van der Waals surface area contributed by atoms with Gasteiger partial charge in [0.2, 0.25) is 0 Å². The number of aryl methyl sites for hydroxylation is 2. The third-order valence-electron chi connectivity index (χ3n) is 4.88. The van der Waals surface area contributed by atoms with Gasteiger partial charge in [-0.1, -0.05) is 18.2 Å². The highest BCUT2D eigenvalue weighted by molar-refractivity contribution is 5.96. The lowest BCUT2D eigenvalue weighted by molar-refractivity contribution is 0.0696. The van der Waals surface area contributed by atoms with E-state index in [1.54, 1.807) is 4.68 Å². The van der Waals surface area contributed by atoms with Gasteiger partial charge in [-0.25, -0.2) is 0 Å². The number of hydrogen-bond acceptors (Lipinski definition) is 3. The van der Waals surface area contributed by atoms with Crippen LogP contribution >= 0.6 is 0 Å². The molecule has 1 aliphatic rings. The Morgan fingerprint density at radius 3 is 2.32 bits per heavy atom. The molecule has 0 atom stereocenters. The lowest BCUT2D eigenvalue weighted by atomic mass is 10.0. The van der Waals surface area contributed by atoms with Gasteiger partial charge in [0.15, 0.2) is 0 Å². The standard InChI is InChI=1S/C19H24N4O2/c1-13-17(14(2)22(3)21-13)19(25)23-11-9-16(10-12-23)20-18(24)15-7-5-4-6-8-15/h4-8,16H,9-12H2,1-3H3,(H,20,24). The SMILES string of the molecule is Cc1nn(C)c(C)c1C(=O)N1CCC(NC(=O)c2ccccc2)CC1. The van der Waals surface area contributed by atoms with Gasteiger partial charge in [-0.2, -0.15) is 5.10 Å². The minimum absolute atomic E-state index is 0.0379. The molecule has 0 saturated carbocycles. The molecule has 0 aliphatic carbocycles. The molecule has 1 aliphatic heterocycles. The summed E-state index contributed by atoms with van der Waals surface area (Å²) in [6.45, 7) is 5.08. The van der Waals surface area contributed by atoms with E-state index in [9.17, 15) is 9.59 Å². The molecular formula is C19H24N4O2. The number of likely N-dealkylation sites (tertiary alicyclic amines) is 1. The number of aromatic nitrogens is 2. The lowest BCUT2D eigenvalue weighted by Crippen LogP contribution is -2.46. The van der Waals surface area contributed by atoms with Crippen LogP contribution in [0.2, 0.25) is 0 Å². The van der Waals surface area contributed by atoms with Crippen molar-refractivity contribution in [2.75, 3.05) is 13.1 Å². The van der Waals surface area contributed by atoms with Crippen LogP contribution in [-0.4, -0.2) is 45.6 Å². The van der Waals surface area contributed by atoms with Crippen LogP contribution in [0.4, 0.5) is 0 Å². The number of nitrogens with one attached hydrogen (secondary N) is 1. The zero-order valence-electron chi connectivity index (χ0n) is 15.0. The van der Waals surface area contributed by atoms with Crippen molar-refractivity contribution in [3.05, 3.63) is 52.8 Å². The zero-order valence-corrected chi connectivity index (χ0v) is 15.0. The van der Waals surface area contributed by atoms with E-state index in [0.29, 0.717) is 24.2 Å². The summed E-state index contributed by atoms with van der Waals surface area (Å²) in [5, 5.41) is 7.39. The summed E-state index contributed by atoms with van der Waals surface area (Å²) in [4.78, 5) is 26.9. The Kier molecular flexibility index (Phi) is 4.88. The first-order chi connectivity index (χ1) is 12.0. The first-order valence-electron chi connectivity index (χ1n) is 8.62. The van der Waals surface area contributed by atoms with Crippen molar-refractivity contribution in [1.29, 1.82) is 0 Å². The maximum atomic E-state index is 12.8. The first kappa shape index (κ1) is 17.2. The largest absolute Gasteiger partial charge is 0.349 e. The van der Waals surface area contributed by atoms with Gasteiger partial charge in [0, 0.05) is 37.4 Å². The molecule has 0 radical (unpaired) electrons. The lowest BCUT2D eigenvalue weighted by Gasteiger charge is -2.32. The third kappa shape index (κ3) is 3.57. The Morgan fingerprint density at radius 1 is 1.12 bits per heavy atom. The Labute approximate surface area is 147 Å². The van der Waals surface area contributed by atoms with Gasteiger partial charge in [-0.05, 0) is 38.8 Å². The van der Waals surface area contributed by atoms with E-state index in [1.807, 2.05) is 56.1 Å². The molecule has 25 heavy (non-hydrogen) atoms. The van der Waals surface area contributed by atoms with Crippen LogP contribution in [0.25, 0.3) is 0 Å². The molecule has 1 N–H and O–H groups in total. The molecule has 0 spiro atoms. The van der Waals surface area contributed by atoms with Crippen molar-refractivity contribution in [3.63, 3.8) is 0 Å². The van der Waals surface area contributed by atoms with Gasteiger partial charge in [0.25, 0.3) is 11.8 Å². The molecule has 132 valence electrons. The van der Waals surface area contributed by atoms with Crippen molar-refractivity contribution < 1.29 is 9.59 Å². The molecule has 1 fully saturated rings. The number of carbonyl (C=O) groups excluding carboxylic acids is 2. The van der Waals surface area contributed by atoms with Crippen molar-refractivity contribution in [3.8, 4) is 0 Å². The quantitative estimate of drug-likeness (QED) is 0.930. The van der Waals surface area contributed by atoms with Crippen molar-refractivity contribution >= 4 is 11.8 Å². The van der Waals surface area contributed by atoms with Gasteiger partial charge in [0.1, 0.15) is 0 Å². The minimum Gasteiger partial charge on any atom is -0.349 e. The molecule has 6 nitrogen and oxygen atoms in total. The Hall–Kier alpha value is -2.63. The molecule has 3 rings (SSSR count). The van der Waals surface area contributed by atoms with E-state index < -0.39 is 0 Å². The zero-order chi connectivity index (χ0) is 18.0. The highest BCUT2D eigenvalue weighted by atomic mass is 16.2. The Morgan fingerprint density at radius 2 is 1.76 bits per heavy atom. The fraction of sp³-hybridized carbons (Fsp3) is 0.421.